The number of unbranched alkanes of at least 4 members (excludes halogenated alkanes) is 2. The molecule has 9 rings (SSSR count). The van der Waals surface area contributed by atoms with Crippen LogP contribution >= 0.6 is 23.1 Å². The first-order valence-electron chi connectivity index (χ1n) is 36.7. The first kappa shape index (κ1) is 83.8. The number of piperidine rings is 1. The number of aliphatic hydroxyl groups excluding tert-OH is 1. The van der Waals surface area contributed by atoms with Gasteiger partial charge in [0.1, 0.15) is 17.0 Å². The maximum Gasteiger partial charge on any atom is 0.501 e. The number of anilines is 2. The number of hydrogen-bond acceptors (Lipinski definition) is 17. The number of nitrogens with one attached hydrogen (secondary N) is 4. The Morgan fingerprint density at radius 2 is 1.50 bits per heavy atom. The van der Waals surface area contributed by atoms with E-state index in [9.17, 15) is 67.9 Å². The van der Waals surface area contributed by atoms with Gasteiger partial charge in [-0.05, 0) is 160 Å². The van der Waals surface area contributed by atoms with Gasteiger partial charge in [-0.25, -0.2) is 35.3 Å². The number of halogens is 5. The highest BCUT2D eigenvalue weighted by Crippen LogP contribution is 2.42. The molecule has 5 aromatic rings. The lowest BCUT2D eigenvalue weighted by Crippen LogP contribution is -2.57. The minimum Gasteiger partial charge on any atom is -0.391 e. The summed E-state index contributed by atoms with van der Waals surface area (Å²) >= 11 is 2.94. The number of aliphatic hydroxyl groups is 1. The Kier molecular flexibility index (Phi) is 28.6. The molecule has 4 aliphatic rings. The van der Waals surface area contributed by atoms with Gasteiger partial charge in [0.15, 0.2) is 0 Å². The number of nitrogens with zero attached hydrogens (tertiary/aromatic N) is 6. The van der Waals surface area contributed by atoms with Crippen molar-refractivity contribution < 1.29 is 67.9 Å². The first-order valence-corrected chi connectivity index (χ1v) is 41.6. The average Bonchev–Trinajstić information content (AvgIpc) is 0.922. The number of allylic oxidation sites excluding steroid dienone is 2. The highest BCUT2D eigenvalue weighted by atomic mass is 32.2. The van der Waals surface area contributed by atoms with Crippen molar-refractivity contribution >= 4 is 83.9 Å². The summed E-state index contributed by atoms with van der Waals surface area (Å²) < 4.78 is 127. The summed E-state index contributed by atoms with van der Waals surface area (Å²) in [6.45, 7) is 22.2. The fraction of sp³-hybridized carbons (Fsp3) is 0.538. The number of hydrogen-bond donors (Lipinski definition) is 5. The molecule has 5 N–H and O–H groups in total. The smallest absolute Gasteiger partial charge is 0.391 e. The number of sulfone groups is 1. The highest BCUT2D eigenvalue weighted by Gasteiger charge is 2.49. The van der Waals surface area contributed by atoms with Crippen LogP contribution in [0, 0.1) is 17.8 Å². The molecule has 29 heteroatoms. The van der Waals surface area contributed by atoms with E-state index in [1.54, 1.807) is 40.9 Å². The predicted octanol–water partition coefficient (Wildman–Crippen LogP) is 13.0. The summed E-state index contributed by atoms with van der Waals surface area (Å²) in [4.78, 5) is 82.5. The number of sulfonamides is 1. The number of thioether (sulfide) groups is 1. The number of carbonyl (C=O) groups excluding carboxylic acids is 5. The number of aryl methyl sites for hydroxylation is 1. The zero-order valence-corrected chi connectivity index (χ0v) is 65.6. The van der Waals surface area contributed by atoms with Crippen LogP contribution < -0.4 is 25.6 Å². The Labute approximate surface area is 635 Å². The minimum absolute atomic E-state index is 0.0476. The SMILES string of the molecule is C=C(CCC1=C(CN2CCN(c3ccc(C(=O)NS(=O)(=O)c4ccc(N[C@H](CCN5CCC(N(C)C(=O)CCCCCC(=O)NC(C(=O)N6C[C@H](O)C[C@H]6C(=O)N[C@@H](C)c6ccc(-c7scnc7C)cc6)C(C)(C)C)CC5)CSc5ccccc5)c(S(=O)(=O)C(F)(F)F)c4)cc3)CC2)CCC(C)(C)C1)C(F)F. The molecule has 0 bridgehead atoms. The van der Waals surface area contributed by atoms with E-state index in [4.69, 9.17) is 0 Å². The maximum absolute atomic E-state index is 14.6. The van der Waals surface area contributed by atoms with Crippen molar-refractivity contribution in [1.82, 2.24) is 39.9 Å². The lowest BCUT2D eigenvalue weighted by Gasteiger charge is -2.39. The van der Waals surface area contributed by atoms with Gasteiger partial charge in [-0.1, -0.05) is 101 Å². The van der Waals surface area contributed by atoms with Gasteiger partial charge < -0.3 is 40.7 Å². The monoisotopic (exact) mass is 1560 g/mol. The van der Waals surface area contributed by atoms with Gasteiger partial charge in [-0.15, -0.1) is 23.1 Å². The molecule has 0 saturated carbocycles. The third-order valence-electron chi connectivity index (χ3n) is 20.9. The molecule has 5 atom stereocenters. The predicted molar refractivity (Wildman–Crippen MR) is 409 cm³/mol. The summed E-state index contributed by atoms with van der Waals surface area (Å²) in [5.74, 6) is -2.12. The van der Waals surface area contributed by atoms with E-state index in [1.165, 1.54) is 39.9 Å². The standard InChI is InChI=1S/C78H103F5N10O10S4/c1-51(72(79)80)20-21-57-46-77(7,8)36-32-58(57)47-91-40-42-92(43-41-91)61-28-26-56(27-29-61)73(97)88-107(102,103)64-30-31-65(67(45-64)106(100,101)78(81,82)83)86-59(49-104-63-16-12-10-13-17-63)33-37-90-38-34-60(35-39-90)89(9)69(96)19-15-11-14-18-68(95)87-71(76(4,5)6)75(99)93-48-62(94)44-66(93)74(98)85-52(2)54-22-24-55(25-23-54)70-53(3)84-50-105-70/h10,12-13,16-17,22-31,45,50,52,59-60,62,66,71-72,86,94H,1,11,14-15,18-21,32-44,46-49H2,2-9H3,(H,85,98)(H,87,95)(H,88,97)/t52-,59+,62+,66-,71?/m0/s1. The van der Waals surface area contributed by atoms with Crippen molar-refractivity contribution in [1.29, 1.82) is 0 Å². The lowest BCUT2D eigenvalue weighted by molar-refractivity contribution is -0.144. The molecular formula is C78H103F5N10O10S4. The topological polar surface area (TPSA) is 251 Å². The quantitative estimate of drug-likeness (QED) is 0.0116. The molecule has 0 radical (unpaired) electrons. The van der Waals surface area contributed by atoms with Crippen LogP contribution in [0.1, 0.15) is 159 Å². The van der Waals surface area contributed by atoms with Crippen molar-refractivity contribution in [2.24, 2.45) is 10.8 Å². The number of aromatic nitrogens is 1. The van der Waals surface area contributed by atoms with Crippen molar-refractivity contribution in [2.45, 2.75) is 201 Å². The van der Waals surface area contributed by atoms with Crippen LogP contribution in [-0.2, 0) is 39.0 Å². The summed E-state index contributed by atoms with van der Waals surface area (Å²) in [6.07, 6.45) is 3.54. The summed E-state index contributed by atoms with van der Waals surface area (Å²) in [5, 5.41) is 19.7. The molecule has 4 heterocycles. The van der Waals surface area contributed by atoms with E-state index in [0.717, 1.165) is 70.2 Å². The van der Waals surface area contributed by atoms with Crippen LogP contribution in [-0.4, -0.2) is 190 Å². The lowest BCUT2D eigenvalue weighted by atomic mass is 9.73. The number of likely N-dealkylation sites (tertiary alicyclic amines) is 2. The second-order valence-electron chi connectivity index (χ2n) is 30.6. The Balaban J connectivity index is 0.740. The van der Waals surface area contributed by atoms with Gasteiger partial charge in [0.2, 0.25) is 23.6 Å². The summed E-state index contributed by atoms with van der Waals surface area (Å²) in [7, 11) is -9.40. The molecule has 107 heavy (non-hydrogen) atoms. The summed E-state index contributed by atoms with van der Waals surface area (Å²) in [5.41, 5.74) is 0.772. The number of thiazole rings is 1. The number of amides is 5. The first-order chi connectivity index (χ1) is 50.5. The van der Waals surface area contributed by atoms with Crippen LogP contribution in [0.5, 0.6) is 0 Å². The minimum atomic E-state index is -6.19. The Morgan fingerprint density at radius 3 is 2.14 bits per heavy atom. The van der Waals surface area contributed by atoms with Gasteiger partial charge in [0.05, 0.1) is 38.8 Å². The fourth-order valence-electron chi connectivity index (χ4n) is 14.3. The summed E-state index contributed by atoms with van der Waals surface area (Å²) in [6, 6.07) is 22.5. The van der Waals surface area contributed by atoms with E-state index >= 15 is 0 Å². The fourth-order valence-corrected chi connectivity index (χ4v) is 18.2. The molecule has 1 aromatic heterocycles. The Morgan fingerprint density at radius 1 is 0.832 bits per heavy atom. The molecular weight excluding hydrogens is 1460 g/mol. The number of piperazine rings is 1. The van der Waals surface area contributed by atoms with Gasteiger partial charge in [0.25, 0.3) is 32.2 Å². The molecule has 5 amide bonds. The maximum atomic E-state index is 14.6. The van der Waals surface area contributed by atoms with E-state index in [1.807, 2.05) is 93.9 Å². The van der Waals surface area contributed by atoms with Crippen LogP contribution in [0.3, 0.4) is 0 Å². The van der Waals surface area contributed by atoms with Crippen LogP contribution in [0.4, 0.5) is 33.3 Å². The zero-order valence-electron chi connectivity index (χ0n) is 62.4. The van der Waals surface area contributed by atoms with Crippen molar-refractivity contribution in [3.05, 3.63) is 143 Å². The molecule has 1 unspecified atom stereocenters. The van der Waals surface area contributed by atoms with Crippen molar-refractivity contribution in [3.8, 4) is 10.4 Å². The molecule has 4 aromatic carbocycles. The number of rotatable bonds is 32. The number of alkyl halides is 5. The normalized spacial score (nSPS) is 18.8. The van der Waals surface area contributed by atoms with Crippen LogP contribution in [0.25, 0.3) is 10.4 Å². The molecule has 584 valence electrons. The Bertz CT molecular complexity index is 4180. The molecule has 20 nitrogen and oxygen atoms in total. The van der Waals surface area contributed by atoms with E-state index in [-0.39, 0.29) is 72.4 Å². The van der Waals surface area contributed by atoms with E-state index < -0.39 is 101 Å². The van der Waals surface area contributed by atoms with Gasteiger partial charge in [-0.2, -0.15) is 13.2 Å². The van der Waals surface area contributed by atoms with Gasteiger partial charge >= 0.3 is 5.51 Å². The number of benzene rings is 4. The number of carbonyl (C=O) groups is 5. The molecule has 1 aliphatic carbocycles. The third-order valence-corrected chi connectivity index (χ3v) is 25.9. The van der Waals surface area contributed by atoms with Gasteiger partial charge in [0, 0.05) is 119 Å². The second kappa shape index (κ2) is 36.5. The average molecular weight is 1560 g/mol. The van der Waals surface area contributed by atoms with Crippen molar-refractivity contribution in [3.63, 3.8) is 0 Å². The zero-order chi connectivity index (χ0) is 77.8. The third kappa shape index (κ3) is 22.7. The number of β-amino-alcohol motifs (C(OH)–C–C–N with tert-alkyl or cyclic N) is 1. The van der Waals surface area contributed by atoms with Crippen LogP contribution in [0.2, 0.25) is 0 Å². The van der Waals surface area contributed by atoms with E-state index in [0.29, 0.717) is 96.8 Å². The highest BCUT2D eigenvalue weighted by molar-refractivity contribution is 7.99. The second-order valence-corrected chi connectivity index (χ2v) is 36.2. The van der Waals surface area contributed by atoms with Crippen LogP contribution in [0.15, 0.2) is 141 Å². The largest absolute Gasteiger partial charge is 0.501 e. The van der Waals surface area contributed by atoms with Crippen molar-refractivity contribution in [2.75, 3.05) is 81.9 Å². The molecule has 3 aliphatic heterocycles. The molecule has 3 saturated heterocycles. The molecule has 3 fully saturated rings. The van der Waals surface area contributed by atoms with E-state index in [2.05, 4.69) is 56.1 Å². The Hall–Kier alpha value is -7.28. The van der Waals surface area contributed by atoms with Gasteiger partial charge in [-0.3, -0.25) is 28.9 Å². The molecule has 0 spiro atoms.